The fourth-order valence-corrected chi connectivity index (χ4v) is 3.67. The number of hydrogen-bond acceptors (Lipinski definition) is 3. The van der Waals surface area contributed by atoms with Gasteiger partial charge in [0.05, 0.1) is 18.1 Å². The van der Waals surface area contributed by atoms with E-state index in [4.69, 9.17) is 0 Å². The normalized spacial score (nSPS) is 27.9. The summed E-state index contributed by atoms with van der Waals surface area (Å²) in [5.74, 6) is 0.812. The van der Waals surface area contributed by atoms with Crippen LogP contribution in [0.1, 0.15) is 18.4 Å². The van der Waals surface area contributed by atoms with Gasteiger partial charge in [0, 0.05) is 18.0 Å². The monoisotopic (exact) mass is 284 g/mol. The van der Waals surface area contributed by atoms with Crippen molar-refractivity contribution in [3.8, 4) is 0 Å². The van der Waals surface area contributed by atoms with Crippen molar-refractivity contribution in [1.82, 2.24) is 20.4 Å². The van der Waals surface area contributed by atoms with E-state index in [2.05, 4.69) is 20.4 Å². The maximum atomic E-state index is 12.3. The lowest BCUT2D eigenvalue weighted by Crippen LogP contribution is -2.57. The molecule has 1 atom stereocenters. The molecule has 0 spiro atoms. The summed E-state index contributed by atoms with van der Waals surface area (Å²) in [5.41, 5.74) is 2.05. The average molecular weight is 284 g/mol. The molecule has 2 bridgehead atoms. The van der Waals surface area contributed by atoms with Crippen LogP contribution < -0.4 is 5.32 Å². The third kappa shape index (κ3) is 2.53. The summed E-state index contributed by atoms with van der Waals surface area (Å²) < 4.78 is 0. The average Bonchev–Trinajstić information content (AvgIpc) is 2.96. The highest BCUT2D eigenvalue weighted by molar-refractivity contribution is 5.83. The molecule has 5 heteroatoms. The number of nitrogens with zero attached hydrogens (tertiary/aromatic N) is 2. The summed E-state index contributed by atoms with van der Waals surface area (Å²) in [6.07, 6.45) is 4.70. The topological polar surface area (TPSA) is 61.0 Å². The molecule has 0 aliphatic carbocycles. The Bertz CT molecular complexity index is 657. The van der Waals surface area contributed by atoms with Crippen LogP contribution >= 0.6 is 0 Å². The number of amides is 1. The van der Waals surface area contributed by atoms with Gasteiger partial charge in [-0.15, -0.1) is 0 Å². The number of carbonyl (C=O) groups excluding carboxylic acids is 1. The van der Waals surface area contributed by atoms with E-state index in [1.807, 2.05) is 18.2 Å². The number of fused-ring (bicyclic) bond motifs is 4. The van der Waals surface area contributed by atoms with Crippen molar-refractivity contribution >= 4 is 16.8 Å². The first-order chi connectivity index (χ1) is 10.3. The molecule has 2 N–H and O–H groups in total. The van der Waals surface area contributed by atoms with Gasteiger partial charge in [-0.1, -0.05) is 6.07 Å². The van der Waals surface area contributed by atoms with Gasteiger partial charge in [-0.2, -0.15) is 5.10 Å². The van der Waals surface area contributed by atoms with Crippen molar-refractivity contribution in [2.45, 2.75) is 25.3 Å². The van der Waals surface area contributed by atoms with E-state index in [9.17, 15) is 4.79 Å². The van der Waals surface area contributed by atoms with Crippen LogP contribution in [0.25, 0.3) is 10.9 Å². The van der Waals surface area contributed by atoms with E-state index < -0.39 is 0 Å². The quantitative estimate of drug-likeness (QED) is 0.893. The molecule has 2 aromatic rings. The van der Waals surface area contributed by atoms with Crippen LogP contribution in [0, 0.1) is 5.92 Å². The van der Waals surface area contributed by atoms with Crippen LogP contribution in [0.3, 0.4) is 0 Å². The van der Waals surface area contributed by atoms with Crippen molar-refractivity contribution in [3.05, 3.63) is 30.0 Å². The lowest BCUT2D eigenvalue weighted by Gasteiger charge is -2.44. The lowest BCUT2D eigenvalue weighted by atomic mass is 9.84. The highest BCUT2D eigenvalue weighted by Gasteiger charge is 2.34. The molecule has 3 aliphatic rings. The predicted octanol–water partition coefficient (Wildman–Crippen LogP) is 1.32. The van der Waals surface area contributed by atoms with Gasteiger partial charge in [-0.25, -0.2) is 0 Å². The molecule has 5 rings (SSSR count). The Balaban J connectivity index is 1.41. The summed E-state index contributed by atoms with van der Waals surface area (Å²) in [6.45, 7) is 3.43. The van der Waals surface area contributed by atoms with E-state index in [0.29, 0.717) is 18.4 Å². The van der Waals surface area contributed by atoms with Crippen molar-refractivity contribution in [2.24, 2.45) is 5.92 Å². The molecular formula is C16H20N4O. The zero-order valence-electron chi connectivity index (χ0n) is 12.0. The van der Waals surface area contributed by atoms with Crippen LogP contribution in [0.2, 0.25) is 0 Å². The Labute approximate surface area is 123 Å². The molecule has 5 nitrogen and oxygen atoms in total. The van der Waals surface area contributed by atoms with E-state index in [1.165, 1.54) is 25.9 Å². The van der Waals surface area contributed by atoms with Crippen molar-refractivity contribution in [2.75, 3.05) is 19.6 Å². The largest absolute Gasteiger partial charge is 0.352 e. The second-order valence-corrected chi connectivity index (χ2v) is 6.28. The fraction of sp³-hybridized carbons (Fsp3) is 0.500. The van der Waals surface area contributed by atoms with Crippen LogP contribution in [-0.4, -0.2) is 46.7 Å². The van der Waals surface area contributed by atoms with Crippen LogP contribution in [0.4, 0.5) is 0 Å². The Hall–Kier alpha value is -1.88. The molecule has 0 unspecified atom stereocenters. The smallest absolute Gasteiger partial charge is 0.224 e. The first kappa shape index (κ1) is 12.8. The molecule has 1 amide bonds. The Morgan fingerprint density at radius 2 is 2.24 bits per heavy atom. The maximum absolute atomic E-state index is 12.3. The molecular weight excluding hydrogens is 264 g/mol. The highest BCUT2D eigenvalue weighted by atomic mass is 16.1. The number of benzene rings is 1. The molecule has 21 heavy (non-hydrogen) atoms. The highest BCUT2D eigenvalue weighted by Crippen LogP contribution is 2.27. The van der Waals surface area contributed by atoms with E-state index in [1.54, 1.807) is 6.20 Å². The number of piperidine rings is 3. The summed E-state index contributed by atoms with van der Waals surface area (Å²) in [6, 6.07) is 6.36. The summed E-state index contributed by atoms with van der Waals surface area (Å²) in [5, 5.41) is 11.2. The molecule has 3 aliphatic heterocycles. The lowest BCUT2D eigenvalue weighted by molar-refractivity contribution is -0.122. The van der Waals surface area contributed by atoms with Crippen molar-refractivity contribution < 1.29 is 4.79 Å². The number of hydrogen-bond donors (Lipinski definition) is 2. The third-order valence-corrected chi connectivity index (χ3v) is 4.87. The first-order valence-electron chi connectivity index (χ1n) is 7.72. The number of carbonyl (C=O) groups is 1. The minimum Gasteiger partial charge on any atom is -0.352 e. The number of nitrogens with one attached hydrogen (secondary N) is 2. The zero-order chi connectivity index (χ0) is 14.2. The van der Waals surface area contributed by atoms with E-state index >= 15 is 0 Å². The molecule has 110 valence electrons. The van der Waals surface area contributed by atoms with Gasteiger partial charge in [0.25, 0.3) is 0 Å². The van der Waals surface area contributed by atoms with Crippen LogP contribution in [0.15, 0.2) is 24.4 Å². The molecule has 4 heterocycles. The fourth-order valence-electron chi connectivity index (χ4n) is 3.67. The molecule has 1 aromatic heterocycles. The van der Waals surface area contributed by atoms with Crippen molar-refractivity contribution in [1.29, 1.82) is 0 Å². The minimum atomic E-state index is 0.136. The standard InChI is InChI=1S/C16H20N4O/c21-16(18-15-10-20-5-3-12(15)4-6-20)8-11-1-2-14-13(7-11)9-17-19-14/h1-2,7,9,12,15H,3-6,8,10H2,(H,17,19)(H,18,21)/t15-/m0/s1. The van der Waals surface area contributed by atoms with Gasteiger partial charge in [0.1, 0.15) is 0 Å². The summed E-state index contributed by atoms with van der Waals surface area (Å²) in [4.78, 5) is 14.7. The van der Waals surface area contributed by atoms with Gasteiger partial charge in [-0.3, -0.25) is 9.89 Å². The molecule has 3 saturated heterocycles. The summed E-state index contributed by atoms with van der Waals surface area (Å²) in [7, 11) is 0. The molecule has 1 aromatic carbocycles. The Morgan fingerprint density at radius 3 is 3.00 bits per heavy atom. The van der Waals surface area contributed by atoms with Gasteiger partial charge >= 0.3 is 0 Å². The molecule has 3 fully saturated rings. The number of aromatic amines is 1. The van der Waals surface area contributed by atoms with Gasteiger partial charge < -0.3 is 10.2 Å². The van der Waals surface area contributed by atoms with Gasteiger partial charge in [-0.05, 0) is 49.5 Å². The number of rotatable bonds is 3. The maximum Gasteiger partial charge on any atom is 0.224 e. The SMILES string of the molecule is O=C(Cc1ccc2[nH]ncc2c1)N[C@H]1CN2CCC1CC2. The predicted molar refractivity (Wildman–Crippen MR) is 80.9 cm³/mol. The second-order valence-electron chi connectivity index (χ2n) is 6.28. The van der Waals surface area contributed by atoms with Gasteiger partial charge in [0.15, 0.2) is 0 Å². The Kier molecular flexibility index (Phi) is 3.15. The van der Waals surface area contributed by atoms with Gasteiger partial charge in [0.2, 0.25) is 5.91 Å². The number of aromatic nitrogens is 2. The minimum absolute atomic E-state index is 0.136. The molecule has 0 saturated carbocycles. The molecule has 0 radical (unpaired) electrons. The third-order valence-electron chi connectivity index (χ3n) is 4.87. The second kappa shape index (κ2) is 5.15. The Morgan fingerprint density at radius 1 is 1.38 bits per heavy atom. The van der Waals surface area contributed by atoms with E-state index in [-0.39, 0.29) is 5.91 Å². The van der Waals surface area contributed by atoms with Crippen LogP contribution in [0.5, 0.6) is 0 Å². The first-order valence-corrected chi connectivity index (χ1v) is 7.72. The summed E-state index contributed by atoms with van der Waals surface area (Å²) >= 11 is 0. The van der Waals surface area contributed by atoms with Crippen LogP contribution in [-0.2, 0) is 11.2 Å². The van der Waals surface area contributed by atoms with Crippen molar-refractivity contribution in [3.63, 3.8) is 0 Å². The number of H-pyrrole nitrogens is 1. The van der Waals surface area contributed by atoms with E-state index in [0.717, 1.165) is 23.0 Å². The zero-order valence-corrected chi connectivity index (χ0v) is 12.0.